The number of benzene rings is 1. The first kappa shape index (κ1) is 16.0. The average Bonchev–Trinajstić information content (AvgIpc) is 2.32. The van der Waals surface area contributed by atoms with Crippen molar-refractivity contribution < 1.29 is 9.36 Å². The smallest absolute Gasteiger partial charge is 0.229 e. The Hall–Kier alpha value is -1.09. The van der Waals surface area contributed by atoms with Crippen molar-refractivity contribution in [1.29, 1.82) is 0 Å². The molecular formula is C14H13Cl3NO+. The van der Waals surface area contributed by atoms with Crippen LogP contribution in [0.2, 0.25) is 10.0 Å². The summed E-state index contributed by atoms with van der Waals surface area (Å²) in [6, 6.07) is 8.81. The Balaban J connectivity index is 0.00000180. The van der Waals surface area contributed by atoms with Crippen LogP contribution in [0.5, 0.6) is 0 Å². The van der Waals surface area contributed by atoms with Gasteiger partial charge in [0.1, 0.15) is 0 Å². The lowest BCUT2D eigenvalue weighted by molar-refractivity contribution is -0.683. The van der Waals surface area contributed by atoms with Crippen LogP contribution in [0.25, 0.3) is 0 Å². The molecule has 0 aliphatic carbocycles. The summed E-state index contributed by atoms with van der Waals surface area (Å²) >= 11 is 11.8. The maximum atomic E-state index is 12.1. The van der Waals surface area contributed by atoms with Crippen molar-refractivity contribution >= 4 is 41.4 Å². The van der Waals surface area contributed by atoms with Gasteiger partial charge in [0.05, 0.1) is 5.02 Å². The summed E-state index contributed by atoms with van der Waals surface area (Å²) in [5.41, 5.74) is 1.65. The second-order valence-electron chi connectivity index (χ2n) is 4.10. The van der Waals surface area contributed by atoms with Crippen molar-refractivity contribution in [2.75, 3.05) is 0 Å². The predicted molar refractivity (Wildman–Crippen MR) is 79.4 cm³/mol. The second-order valence-corrected chi connectivity index (χ2v) is 4.94. The molecule has 0 amide bonds. The summed E-state index contributed by atoms with van der Waals surface area (Å²) in [6.45, 7) is 2.27. The third-order valence-corrected chi connectivity index (χ3v) is 3.16. The highest BCUT2D eigenvalue weighted by Crippen LogP contribution is 2.21. The normalized spacial score (nSPS) is 9.84. The van der Waals surface area contributed by atoms with Gasteiger partial charge in [-0.05, 0) is 30.7 Å². The fraction of sp³-hybridized carbons (Fsp3) is 0.143. The van der Waals surface area contributed by atoms with Gasteiger partial charge in [0.2, 0.25) is 12.3 Å². The number of hydrogen-bond donors (Lipinski definition) is 0. The molecule has 0 bridgehead atoms. The van der Waals surface area contributed by atoms with Gasteiger partial charge >= 0.3 is 0 Å². The van der Waals surface area contributed by atoms with Crippen LogP contribution in [0.1, 0.15) is 15.9 Å². The van der Waals surface area contributed by atoms with Crippen molar-refractivity contribution in [3.8, 4) is 0 Å². The van der Waals surface area contributed by atoms with Crippen LogP contribution in [0.4, 0.5) is 0 Å². The molecule has 19 heavy (non-hydrogen) atoms. The molecule has 0 atom stereocenters. The third-order valence-electron chi connectivity index (χ3n) is 2.62. The van der Waals surface area contributed by atoms with Crippen LogP contribution in [0.3, 0.4) is 0 Å². The van der Waals surface area contributed by atoms with Gasteiger partial charge in [-0.1, -0.05) is 23.2 Å². The zero-order valence-electron chi connectivity index (χ0n) is 10.3. The Morgan fingerprint density at radius 1 is 1.16 bits per heavy atom. The Morgan fingerprint density at radius 3 is 2.37 bits per heavy atom. The zero-order valence-corrected chi connectivity index (χ0v) is 12.6. The molecule has 0 aliphatic heterocycles. The lowest BCUT2D eigenvalue weighted by Crippen LogP contribution is -2.37. The number of halogens is 3. The van der Waals surface area contributed by atoms with Crippen molar-refractivity contribution in [1.82, 2.24) is 0 Å². The van der Waals surface area contributed by atoms with Gasteiger partial charge < -0.3 is 0 Å². The van der Waals surface area contributed by atoms with E-state index in [0.717, 1.165) is 5.56 Å². The molecule has 0 saturated carbocycles. The van der Waals surface area contributed by atoms with Crippen LogP contribution in [-0.2, 0) is 6.54 Å². The molecule has 100 valence electrons. The summed E-state index contributed by atoms with van der Waals surface area (Å²) in [7, 11) is 0. The maximum Gasteiger partial charge on any atom is 0.229 e. The number of rotatable bonds is 3. The molecule has 2 aromatic rings. The number of aryl methyl sites for hydroxylation is 1. The Morgan fingerprint density at radius 2 is 1.79 bits per heavy atom. The fourth-order valence-electron chi connectivity index (χ4n) is 1.60. The van der Waals surface area contributed by atoms with E-state index in [0.29, 0.717) is 15.6 Å². The molecule has 0 saturated heterocycles. The standard InChI is InChI=1S/C14H12Cl2NO.ClH/c1-10-4-6-17(7-5-10)9-14(18)12-3-2-11(15)8-13(12)16;/h2-8H,9H2,1H3;1H/q+1;. The molecule has 0 radical (unpaired) electrons. The molecule has 0 N–H and O–H groups in total. The van der Waals surface area contributed by atoms with Crippen molar-refractivity contribution in [2.24, 2.45) is 0 Å². The number of carbonyl (C=O) groups is 1. The van der Waals surface area contributed by atoms with Crippen molar-refractivity contribution in [3.63, 3.8) is 0 Å². The SMILES string of the molecule is Cc1cc[n+](CC(=O)c2ccc(Cl)cc2Cl)cc1.Cl. The topological polar surface area (TPSA) is 20.9 Å². The summed E-state index contributed by atoms with van der Waals surface area (Å²) in [4.78, 5) is 12.1. The van der Waals surface area contributed by atoms with E-state index >= 15 is 0 Å². The first-order chi connectivity index (χ1) is 8.56. The number of hydrogen-bond acceptors (Lipinski definition) is 1. The van der Waals surface area contributed by atoms with E-state index < -0.39 is 0 Å². The molecule has 0 spiro atoms. The summed E-state index contributed by atoms with van der Waals surface area (Å²) in [5.74, 6) is -0.0366. The fourth-order valence-corrected chi connectivity index (χ4v) is 2.12. The highest BCUT2D eigenvalue weighted by atomic mass is 35.5. The Bertz CT molecular complexity index is 582. The molecular weight excluding hydrogens is 305 g/mol. The van der Waals surface area contributed by atoms with E-state index in [9.17, 15) is 4.79 Å². The van der Waals surface area contributed by atoms with Crippen molar-refractivity contribution in [3.05, 3.63) is 63.9 Å². The quantitative estimate of drug-likeness (QED) is 0.621. The van der Waals surface area contributed by atoms with E-state index in [1.54, 1.807) is 18.2 Å². The minimum Gasteiger partial charge on any atom is -0.287 e. The third kappa shape index (κ3) is 4.20. The first-order valence-corrected chi connectivity index (χ1v) is 6.26. The van der Waals surface area contributed by atoms with Crippen LogP contribution < -0.4 is 4.57 Å². The number of aromatic nitrogens is 1. The molecule has 1 heterocycles. The molecule has 1 aromatic carbocycles. The largest absolute Gasteiger partial charge is 0.287 e. The minimum absolute atomic E-state index is 0. The molecule has 5 heteroatoms. The highest BCUT2D eigenvalue weighted by molar-refractivity contribution is 6.36. The van der Waals surface area contributed by atoms with Gasteiger partial charge in [0.25, 0.3) is 0 Å². The molecule has 2 nitrogen and oxygen atoms in total. The van der Waals surface area contributed by atoms with E-state index in [1.165, 1.54) is 0 Å². The van der Waals surface area contributed by atoms with Gasteiger partial charge in [0.15, 0.2) is 12.4 Å². The predicted octanol–water partition coefficient (Wildman–Crippen LogP) is 3.89. The Kier molecular flexibility index (Phi) is 5.80. The number of ketones is 1. The molecule has 0 unspecified atom stereocenters. The average molecular weight is 318 g/mol. The Labute approximate surface area is 128 Å². The van der Waals surface area contributed by atoms with Crippen LogP contribution >= 0.6 is 35.6 Å². The minimum atomic E-state index is -0.0366. The second kappa shape index (κ2) is 6.90. The molecule has 2 rings (SSSR count). The van der Waals surface area contributed by atoms with Crippen LogP contribution in [0, 0.1) is 6.92 Å². The zero-order chi connectivity index (χ0) is 13.1. The molecule has 1 aromatic heterocycles. The van der Waals surface area contributed by atoms with Gasteiger partial charge in [-0.3, -0.25) is 4.79 Å². The first-order valence-electron chi connectivity index (χ1n) is 5.50. The van der Waals surface area contributed by atoms with E-state index in [-0.39, 0.29) is 24.7 Å². The van der Waals surface area contributed by atoms with Gasteiger partial charge in [-0.2, -0.15) is 4.57 Å². The lowest BCUT2D eigenvalue weighted by Gasteiger charge is -2.02. The van der Waals surface area contributed by atoms with E-state index in [4.69, 9.17) is 23.2 Å². The number of carbonyl (C=O) groups excluding carboxylic acids is 1. The number of pyridine rings is 1. The van der Waals surface area contributed by atoms with Gasteiger partial charge in [-0.25, -0.2) is 0 Å². The number of nitrogens with zero attached hydrogens (tertiary/aromatic N) is 1. The summed E-state index contributed by atoms with van der Waals surface area (Å²) in [6.07, 6.45) is 3.74. The molecule has 0 fully saturated rings. The van der Waals surface area contributed by atoms with Gasteiger partial charge in [0, 0.05) is 22.7 Å². The molecule has 0 aliphatic rings. The lowest BCUT2D eigenvalue weighted by atomic mass is 10.1. The monoisotopic (exact) mass is 316 g/mol. The highest BCUT2D eigenvalue weighted by Gasteiger charge is 2.15. The van der Waals surface area contributed by atoms with E-state index in [2.05, 4.69) is 0 Å². The maximum absolute atomic E-state index is 12.1. The van der Waals surface area contributed by atoms with Gasteiger partial charge in [-0.15, -0.1) is 12.4 Å². The summed E-state index contributed by atoms with van der Waals surface area (Å²) < 4.78 is 1.82. The van der Waals surface area contributed by atoms with Crippen molar-refractivity contribution in [2.45, 2.75) is 13.5 Å². The summed E-state index contributed by atoms with van der Waals surface area (Å²) in [5, 5.41) is 0.916. The van der Waals surface area contributed by atoms with Crippen LogP contribution in [-0.4, -0.2) is 5.78 Å². The van der Waals surface area contributed by atoms with Crippen LogP contribution in [0.15, 0.2) is 42.7 Å². The number of Topliss-reactive ketones (excluding diaryl/α,β-unsaturated/α-hetero) is 1. The van der Waals surface area contributed by atoms with E-state index in [1.807, 2.05) is 36.0 Å².